The fraction of sp³-hybridized carbons (Fsp3) is 0.458. The third-order valence-electron chi connectivity index (χ3n) is 7.21. The van der Waals surface area contributed by atoms with Crippen LogP contribution < -0.4 is 5.32 Å². The number of benzene rings is 1. The minimum Gasteiger partial charge on any atom is -0.347 e. The van der Waals surface area contributed by atoms with Crippen molar-refractivity contribution in [2.24, 2.45) is 5.41 Å². The maximum atomic E-state index is 12.8. The Hall–Kier alpha value is -3.49. The van der Waals surface area contributed by atoms with E-state index in [0.29, 0.717) is 31.0 Å². The number of hydrogen-bond acceptors (Lipinski definition) is 5. The zero-order valence-corrected chi connectivity index (χ0v) is 18.9. The summed E-state index contributed by atoms with van der Waals surface area (Å²) in [6.07, 6.45) is 7.59. The van der Waals surface area contributed by atoms with Crippen molar-refractivity contribution in [1.29, 1.82) is 0 Å². The number of hydrogen-bond donors (Lipinski definition) is 1. The number of nitrogens with zero attached hydrogens (tertiary/aromatic N) is 6. The minimum absolute atomic E-state index is 0.00560. The number of aryl methyl sites for hydroxylation is 1. The molecule has 1 aliphatic heterocycles. The van der Waals surface area contributed by atoms with Crippen molar-refractivity contribution in [1.82, 2.24) is 35.0 Å². The van der Waals surface area contributed by atoms with E-state index in [1.807, 2.05) is 53.0 Å². The molecule has 2 fully saturated rings. The Labute approximate surface area is 192 Å². The minimum atomic E-state index is -0.217. The van der Waals surface area contributed by atoms with E-state index in [1.165, 1.54) is 0 Å². The molecule has 1 saturated carbocycles. The molecule has 2 amide bonds. The molecule has 0 bridgehead atoms. The van der Waals surface area contributed by atoms with Gasteiger partial charge in [-0.05, 0) is 49.7 Å². The lowest BCUT2D eigenvalue weighted by Gasteiger charge is -2.53. The van der Waals surface area contributed by atoms with Crippen LogP contribution in [-0.2, 0) is 13.1 Å². The number of nitrogens with one attached hydrogen (secondary N) is 1. The van der Waals surface area contributed by atoms with Crippen molar-refractivity contribution in [2.45, 2.75) is 51.7 Å². The van der Waals surface area contributed by atoms with Crippen molar-refractivity contribution in [2.75, 3.05) is 13.1 Å². The van der Waals surface area contributed by atoms with Crippen LogP contribution in [0.1, 0.15) is 65.2 Å². The highest BCUT2D eigenvalue weighted by molar-refractivity contribution is 5.92. The van der Waals surface area contributed by atoms with E-state index >= 15 is 0 Å². The number of rotatable bonds is 6. The number of piperidine rings is 1. The first-order valence-corrected chi connectivity index (χ1v) is 11.6. The Morgan fingerprint density at radius 2 is 1.88 bits per heavy atom. The second-order valence-electron chi connectivity index (χ2n) is 9.02. The van der Waals surface area contributed by atoms with Crippen molar-refractivity contribution < 1.29 is 9.59 Å². The zero-order chi connectivity index (χ0) is 22.8. The number of amides is 2. The Kier molecular flexibility index (Phi) is 5.70. The summed E-state index contributed by atoms with van der Waals surface area (Å²) in [7, 11) is 0. The molecule has 5 rings (SSSR count). The first-order valence-electron chi connectivity index (χ1n) is 11.6. The molecule has 1 saturated heterocycles. The summed E-state index contributed by atoms with van der Waals surface area (Å²) in [6, 6.07) is 11.8. The highest BCUT2D eigenvalue weighted by Gasteiger charge is 2.50. The summed E-state index contributed by atoms with van der Waals surface area (Å²) in [5.41, 5.74) is 2.01. The Morgan fingerprint density at radius 1 is 1.09 bits per heavy atom. The van der Waals surface area contributed by atoms with Crippen molar-refractivity contribution >= 4 is 11.8 Å². The topological polar surface area (TPSA) is 97.9 Å². The predicted octanol–water partition coefficient (Wildman–Crippen LogP) is 2.68. The molecular weight excluding hydrogens is 418 g/mol. The highest BCUT2D eigenvalue weighted by Crippen LogP contribution is 2.56. The fourth-order valence-electron chi connectivity index (χ4n) is 5.05. The van der Waals surface area contributed by atoms with E-state index in [2.05, 4.69) is 20.7 Å². The zero-order valence-electron chi connectivity index (χ0n) is 18.9. The third-order valence-corrected chi connectivity index (χ3v) is 7.21. The molecule has 1 spiro atoms. The van der Waals surface area contributed by atoms with Crippen LogP contribution in [0.15, 0.2) is 48.8 Å². The lowest BCUT2D eigenvalue weighted by atomic mass is 9.59. The van der Waals surface area contributed by atoms with Crippen LogP contribution in [0.5, 0.6) is 0 Å². The Bertz CT molecular complexity index is 1130. The Balaban J connectivity index is 1.18. The van der Waals surface area contributed by atoms with Crippen LogP contribution in [0.2, 0.25) is 0 Å². The van der Waals surface area contributed by atoms with E-state index in [4.69, 9.17) is 0 Å². The number of likely N-dealkylation sites (tertiary alicyclic amines) is 1. The summed E-state index contributed by atoms with van der Waals surface area (Å²) < 4.78 is 3.64. The van der Waals surface area contributed by atoms with Gasteiger partial charge in [0.05, 0.1) is 12.2 Å². The van der Waals surface area contributed by atoms with Gasteiger partial charge < -0.3 is 10.2 Å². The average Bonchev–Trinajstić information content (AvgIpc) is 3.52. The third kappa shape index (κ3) is 4.15. The normalized spacial score (nSPS) is 19.3. The van der Waals surface area contributed by atoms with E-state index in [-0.39, 0.29) is 23.3 Å². The van der Waals surface area contributed by atoms with Crippen LogP contribution in [0, 0.1) is 5.41 Å². The monoisotopic (exact) mass is 447 g/mol. The van der Waals surface area contributed by atoms with E-state index in [9.17, 15) is 9.59 Å². The maximum absolute atomic E-state index is 12.8. The standard InChI is InChI=1S/C24H29N7O2/c1-2-30-13-9-19(27-30)23(33)29-14-11-24(12-15-29)10-8-21(24)31-17-20(26-28-31)22(32)25-16-18-6-4-3-5-7-18/h3-7,9,13,17,21H,2,8,10-12,14-16H2,1H3,(H,25,32). The lowest BCUT2D eigenvalue weighted by Crippen LogP contribution is -2.51. The average molecular weight is 448 g/mol. The first-order chi connectivity index (χ1) is 16.1. The van der Waals surface area contributed by atoms with Crippen LogP contribution in [0.25, 0.3) is 0 Å². The molecule has 1 atom stereocenters. The molecule has 3 heterocycles. The molecule has 9 nitrogen and oxygen atoms in total. The molecule has 1 aliphatic carbocycles. The van der Waals surface area contributed by atoms with E-state index < -0.39 is 0 Å². The summed E-state index contributed by atoms with van der Waals surface area (Å²) >= 11 is 0. The molecule has 9 heteroatoms. The molecule has 0 radical (unpaired) electrons. The maximum Gasteiger partial charge on any atom is 0.274 e. The molecule has 1 unspecified atom stereocenters. The molecular formula is C24H29N7O2. The summed E-state index contributed by atoms with van der Waals surface area (Å²) in [5.74, 6) is -0.212. The van der Waals surface area contributed by atoms with Gasteiger partial charge in [-0.2, -0.15) is 5.10 Å². The second-order valence-corrected chi connectivity index (χ2v) is 9.02. The summed E-state index contributed by atoms with van der Waals surface area (Å²) in [4.78, 5) is 27.3. The second kappa shape index (κ2) is 8.80. The van der Waals surface area contributed by atoms with Crippen molar-refractivity contribution in [3.63, 3.8) is 0 Å². The summed E-state index contributed by atoms with van der Waals surface area (Å²) in [5, 5.41) is 15.7. The van der Waals surface area contributed by atoms with Gasteiger partial charge in [-0.25, -0.2) is 4.68 Å². The molecule has 2 aliphatic rings. The van der Waals surface area contributed by atoms with Crippen LogP contribution in [0.4, 0.5) is 0 Å². The molecule has 33 heavy (non-hydrogen) atoms. The van der Waals surface area contributed by atoms with Gasteiger partial charge >= 0.3 is 0 Å². The largest absolute Gasteiger partial charge is 0.347 e. The SMILES string of the molecule is CCn1ccc(C(=O)N2CCC3(CCC3n3cc(C(=O)NCc4ccccc4)nn3)CC2)n1. The predicted molar refractivity (Wildman–Crippen MR) is 121 cm³/mol. The fourth-order valence-corrected chi connectivity index (χ4v) is 5.05. The quantitative estimate of drug-likeness (QED) is 0.627. The first kappa shape index (κ1) is 21.4. The molecule has 1 aromatic carbocycles. The van der Waals surface area contributed by atoms with Gasteiger partial charge in [0.25, 0.3) is 11.8 Å². The van der Waals surface area contributed by atoms with Crippen molar-refractivity contribution in [3.05, 3.63) is 65.7 Å². The highest BCUT2D eigenvalue weighted by atomic mass is 16.2. The van der Waals surface area contributed by atoms with Crippen LogP contribution >= 0.6 is 0 Å². The van der Waals surface area contributed by atoms with Gasteiger partial charge in [-0.15, -0.1) is 5.10 Å². The summed E-state index contributed by atoms with van der Waals surface area (Å²) in [6.45, 7) is 4.65. The lowest BCUT2D eigenvalue weighted by molar-refractivity contribution is -0.0269. The smallest absolute Gasteiger partial charge is 0.274 e. The van der Waals surface area contributed by atoms with Gasteiger partial charge in [-0.1, -0.05) is 35.5 Å². The van der Waals surface area contributed by atoms with E-state index in [0.717, 1.165) is 37.8 Å². The molecule has 3 aromatic rings. The molecule has 2 aromatic heterocycles. The van der Waals surface area contributed by atoms with Crippen LogP contribution in [0.3, 0.4) is 0 Å². The molecule has 1 N–H and O–H groups in total. The van der Waals surface area contributed by atoms with Crippen LogP contribution in [-0.4, -0.2) is 54.6 Å². The van der Waals surface area contributed by atoms with Gasteiger partial charge in [0, 0.05) is 32.4 Å². The number of aromatic nitrogens is 5. The number of carbonyl (C=O) groups excluding carboxylic acids is 2. The van der Waals surface area contributed by atoms with Crippen molar-refractivity contribution in [3.8, 4) is 0 Å². The van der Waals surface area contributed by atoms with Gasteiger partial charge in [0.1, 0.15) is 5.69 Å². The van der Waals surface area contributed by atoms with Gasteiger partial charge in [0.2, 0.25) is 0 Å². The molecule has 172 valence electrons. The Morgan fingerprint density at radius 3 is 2.55 bits per heavy atom. The van der Waals surface area contributed by atoms with Gasteiger partial charge in [0.15, 0.2) is 5.69 Å². The van der Waals surface area contributed by atoms with Gasteiger partial charge in [-0.3, -0.25) is 14.3 Å². The number of carbonyl (C=O) groups is 2. The van der Waals surface area contributed by atoms with E-state index in [1.54, 1.807) is 16.9 Å².